The van der Waals surface area contributed by atoms with Gasteiger partial charge in [-0.05, 0) is 62.5 Å². The smallest absolute Gasteiger partial charge is 0.338 e. The van der Waals surface area contributed by atoms with Crippen LogP contribution in [0.4, 0.5) is 10.1 Å². The molecular weight excluding hydrogens is 413 g/mol. The normalized spacial score (nSPS) is 21.2. The van der Waals surface area contributed by atoms with Gasteiger partial charge in [-0.3, -0.25) is 9.78 Å². The molecule has 1 aromatic carbocycles. The van der Waals surface area contributed by atoms with Gasteiger partial charge < -0.3 is 19.6 Å². The second kappa shape index (κ2) is 7.94. The van der Waals surface area contributed by atoms with Crippen LogP contribution in [-0.4, -0.2) is 53.0 Å². The average molecular weight is 439 g/mol. The van der Waals surface area contributed by atoms with Crippen molar-refractivity contribution < 1.29 is 23.8 Å². The first-order chi connectivity index (χ1) is 15.4. The number of fused-ring (bicyclic) bond motifs is 1. The molecule has 0 aliphatic carbocycles. The van der Waals surface area contributed by atoms with Gasteiger partial charge in [-0.25, -0.2) is 9.18 Å². The van der Waals surface area contributed by atoms with Crippen LogP contribution in [0.1, 0.15) is 52.4 Å². The van der Waals surface area contributed by atoms with Crippen LogP contribution in [0.25, 0.3) is 0 Å². The number of likely N-dealkylation sites (tertiary alicyclic amines) is 1. The molecule has 4 heterocycles. The number of rotatable bonds is 4. The molecule has 1 N–H and O–H groups in total. The second-order valence-electron chi connectivity index (χ2n) is 9.01. The number of β-amino-alcohol motifs (C(OH)–C–C–N with tert-alkyl or cyclic N) is 1. The third-order valence-corrected chi connectivity index (χ3v) is 7.37. The van der Waals surface area contributed by atoms with E-state index in [2.05, 4.69) is 9.88 Å². The van der Waals surface area contributed by atoms with E-state index in [4.69, 9.17) is 4.74 Å². The van der Waals surface area contributed by atoms with E-state index in [0.29, 0.717) is 56.7 Å². The van der Waals surface area contributed by atoms with E-state index in [0.717, 1.165) is 22.9 Å². The highest BCUT2D eigenvalue weighted by molar-refractivity contribution is 6.00. The van der Waals surface area contributed by atoms with Crippen LogP contribution < -0.4 is 4.90 Å². The number of esters is 1. The number of pyridine rings is 1. The first-order valence-electron chi connectivity index (χ1n) is 11.0. The molecule has 5 rings (SSSR count). The fraction of sp³-hybridized carbons (Fsp3) is 0.458. The van der Waals surface area contributed by atoms with Crippen LogP contribution in [0.5, 0.6) is 0 Å². The number of nitrogens with zero attached hydrogens (tertiary/aromatic N) is 3. The maximum atomic E-state index is 14.2. The summed E-state index contributed by atoms with van der Waals surface area (Å²) >= 11 is 0. The summed E-state index contributed by atoms with van der Waals surface area (Å²) < 4.78 is 19.3. The number of ether oxygens (including phenoxy) is 1. The van der Waals surface area contributed by atoms with Gasteiger partial charge in [0.1, 0.15) is 6.61 Å². The molecule has 1 aromatic heterocycles. The van der Waals surface area contributed by atoms with Gasteiger partial charge in [0.05, 0.1) is 29.0 Å². The standard InChI is InChI=1S/C24H26FN3O4/c1-15-16(2-3-17-18(15)14-32-22(17)30)21(29)13-27-9-5-24(6-10-27)7-11-28(23(24)31)20-4-8-26-12-19(20)25/h2-4,8,12,21,29H,5-7,9-11,13-14H2,1H3. The molecule has 1 amide bonds. The molecule has 1 unspecified atom stereocenters. The second-order valence-corrected chi connectivity index (χ2v) is 9.01. The number of carbonyl (C=O) groups excluding carboxylic acids is 2. The van der Waals surface area contributed by atoms with Crippen LogP contribution >= 0.6 is 0 Å². The number of anilines is 1. The third kappa shape index (κ3) is 3.38. The lowest BCUT2D eigenvalue weighted by Crippen LogP contribution is -2.45. The quantitative estimate of drug-likeness (QED) is 0.738. The number of cyclic esters (lactones) is 1. The molecule has 2 saturated heterocycles. The predicted molar refractivity (Wildman–Crippen MR) is 115 cm³/mol. The Morgan fingerprint density at radius 1 is 1.19 bits per heavy atom. The first kappa shape index (κ1) is 21.0. The number of halogens is 1. The third-order valence-electron chi connectivity index (χ3n) is 7.37. The van der Waals surface area contributed by atoms with Crippen molar-refractivity contribution in [1.82, 2.24) is 9.88 Å². The molecule has 0 saturated carbocycles. The van der Waals surface area contributed by atoms with E-state index in [1.54, 1.807) is 23.1 Å². The minimum absolute atomic E-state index is 0.0121. The van der Waals surface area contributed by atoms with Gasteiger partial charge >= 0.3 is 5.97 Å². The zero-order chi connectivity index (χ0) is 22.5. The fourth-order valence-electron chi connectivity index (χ4n) is 5.34. The number of aromatic nitrogens is 1. The molecule has 1 atom stereocenters. The van der Waals surface area contributed by atoms with E-state index in [9.17, 15) is 19.1 Å². The van der Waals surface area contributed by atoms with Crippen LogP contribution in [0.3, 0.4) is 0 Å². The van der Waals surface area contributed by atoms with E-state index in [-0.39, 0.29) is 18.5 Å². The summed E-state index contributed by atoms with van der Waals surface area (Å²) in [4.78, 5) is 32.4. The average Bonchev–Trinajstić information content (AvgIpc) is 3.32. The molecule has 3 aliphatic rings. The fourth-order valence-corrected chi connectivity index (χ4v) is 5.34. The summed E-state index contributed by atoms with van der Waals surface area (Å²) in [6, 6.07) is 5.08. The topological polar surface area (TPSA) is 83.0 Å². The Hall–Kier alpha value is -2.84. The van der Waals surface area contributed by atoms with E-state index in [1.807, 2.05) is 6.92 Å². The summed E-state index contributed by atoms with van der Waals surface area (Å²) in [7, 11) is 0. The van der Waals surface area contributed by atoms with E-state index < -0.39 is 17.3 Å². The highest BCUT2D eigenvalue weighted by Gasteiger charge is 2.49. The molecule has 0 radical (unpaired) electrons. The summed E-state index contributed by atoms with van der Waals surface area (Å²) in [6.45, 7) is 4.53. The maximum absolute atomic E-state index is 14.2. The van der Waals surface area contributed by atoms with Crippen molar-refractivity contribution in [2.45, 2.75) is 38.9 Å². The van der Waals surface area contributed by atoms with Crippen molar-refractivity contribution in [3.63, 3.8) is 0 Å². The number of piperidine rings is 1. The number of amides is 1. The molecule has 2 fully saturated rings. The predicted octanol–water partition coefficient (Wildman–Crippen LogP) is 2.75. The monoisotopic (exact) mass is 439 g/mol. The number of hydrogen-bond donors (Lipinski definition) is 1. The highest BCUT2D eigenvalue weighted by Crippen LogP contribution is 2.43. The molecule has 168 valence electrons. The molecule has 32 heavy (non-hydrogen) atoms. The SMILES string of the molecule is Cc1c(C(O)CN2CCC3(CC2)CCN(c2ccncc2F)C3=O)ccc2c1COC2=O. The molecule has 8 heteroatoms. The van der Waals surface area contributed by atoms with Gasteiger partial charge in [-0.2, -0.15) is 0 Å². The summed E-state index contributed by atoms with van der Waals surface area (Å²) in [6.07, 6.45) is 4.04. The summed E-state index contributed by atoms with van der Waals surface area (Å²) in [5, 5.41) is 10.9. The minimum Gasteiger partial charge on any atom is -0.457 e. The van der Waals surface area contributed by atoms with Gasteiger partial charge in [0, 0.05) is 24.8 Å². The van der Waals surface area contributed by atoms with Crippen molar-refractivity contribution in [2.75, 3.05) is 31.1 Å². The van der Waals surface area contributed by atoms with Crippen molar-refractivity contribution in [3.05, 3.63) is 58.7 Å². The van der Waals surface area contributed by atoms with Gasteiger partial charge in [-0.1, -0.05) is 6.07 Å². The Balaban J connectivity index is 1.24. The Morgan fingerprint density at radius 3 is 2.69 bits per heavy atom. The summed E-state index contributed by atoms with van der Waals surface area (Å²) in [5.41, 5.74) is 2.97. The lowest BCUT2D eigenvalue weighted by Gasteiger charge is -2.38. The zero-order valence-corrected chi connectivity index (χ0v) is 18.0. The Labute approximate surface area is 185 Å². The van der Waals surface area contributed by atoms with E-state index >= 15 is 0 Å². The number of carbonyl (C=O) groups is 2. The van der Waals surface area contributed by atoms with Gasteiger partial charge in [-0.15, -0.1) is 0 Å². The van der Waals surface area contributed by atoms with Crippen LogP contribution in [0.2, 0.25) is 0 Å². The molecule has 0 bridgehead atoms. The zero-order valence-electron chi connectivity index (χ0n) is 18.0. The Kier molecular flexibility index (Phi) is 5.22. The summed E-state index contributed by atoms with van der Waals surface area (Å²) in [5.74, 6) is -0.801. The molecule has 1 spiro atoms. The lowest BCUT2D eigenvalue weighted by atomic mass is 9.77. The van der Waals surface area contributed by atoms with Crippen LogP contribution in [0, 0.1) is 18.2 Å². The minimum atomic E-state index is -0.688. The van der Waals surface area contributed by atoms with Crippen LogP contribution in [0.15, 0.2) is 30.6 Å². The number of hydrogen-bond acceptors (Lipinski definition) is 6. The molecule has 7 nitrogen and oxygen atoms in total. The van der Waals surface area contributed by atoms with Crippen molar-refractivity contribution >= 4 is 17.6 Å². The van der Waals surface area contributed by atoms with Gasteiger partial charge in [0.2, 0.25) is 5.91 Å². The molecule has 2 aromatic rings. The lowest BCUT2D eigenvalue weighted by molar-refractivity contribution is -0.128. The Morgan fingerprint density at radius 2 is 1.94 bits per heavy atom. The molecular formula is C24H26FN3O4. The largest absolute Gasteiger partial charge is 0.457 e. The Bertz CT molecular complexity index is 1080. The number of aliphatic hydroxyl groups excluding tert-OH is 1. The van der Waals surface area contributed by atoms with Gasteiger partial charge in [0.15, 0.2) is 5.82 Å². The number of benzene rings is 1. The maximum Gasteiger partial charge on any atom is 0.338 e. The van der Waals surface area contributed by atoms with Crippen LogP contribution in [-0.2, 0) is 16.1 Å². The number of aliphatic hydroxyl groups is 1. The van der Waals surface area contributed by atoms with Crippen molar-refractivity contribution in [2.24, 2.45) is 5.41 Å². The van der Waals surface area contributed by atoms with Crippen molar-refractivity contribution in [3.8, 4) is 0 Å². The first-order valence-corrected chi connectivity index (χ1v) is 11.0. The molecule has 3 aliphatic heterocycles. The van der Waals surface area contributed by atoms with E-state index in [1.165, 1.54) is 6.20 Å². The van der Waals surface area contributed by atoms with Crippen molar-refractivity contribution in [1.29, 1.82) is 0 Å². The van der Waals surface area contributed by atoms with Gasteiger partial charge in [0.25, 0.3) is 0 Å². The highest BCUT2D eigenvalue weighted by atomic mass is 19.1.